The minimum atomic E-state index is -0.0401. The Balaban J connectivity index is 1.46. The lowest BCUT2D eigenvalue weighted by molar-refractivity contribution is -0.120. The molecule has 2 N–H and O–H groups in total. The molecule has 0 fully saturated rings. The predicted octanol–water partition coefficient (Wildman–Crippen LogP) is 3.72. The topological polar surface area (TPSA) is 63.4 Å². The number of hydrogen-bond donors (Lipinski definition) is 2. The van der Waals surface area contributed by atoms with Gasteiger partial charge in [-0.25, -0.2) is 0 Å². The smallest absolute Gasteiger partial charge is 0.231 e. The van der Waals surface area contributed by atoms with E-state index < -0.39 is 0 Å². The van der Waals surface area contributed by atoms with Gasteiger partial charge in [-0.1, -0.05) is 17.7 Å². The van der Waals surface area contributed by atoms with Crippen molar-refractivity contribution in [1.82, 2.24) is 10.3 Å². The quantitative estimate of drug-likeness (QED) is 0.749. The number of H-pyrrole nitrogens is 1. The maximum absolute atomic E-state index is 12.4. The lowest BCUT2D eigenvalue weighted by Gasteiger charge is -2.07. The number of hydrogen-bond acceptors (Lipinski definition) is 3. The number of nitrogens with one attached hydrogen (secondary N) is 2. The van der Waals surface area contributed by atoms with Gasteiger partial charge >= 0.3 is 0 Å². The van der Waals surface area contributed by atoms with Crippen molar-refractivity contribution in [2.24, 2.45) is 0 Å². The molecule has 0 spiro atoms. The zero-order valence-corrected chi connectivity index (χ0v) is 14.4. The number of aryl methyl sites for hydroxylation is 1. The fraction of sp³-hybridized carbons (Fsp3) is 0.211. The first kappa shape index (κ1) is 15.8. The van der Waals surface area contributed by atoms with E-state index in [4.69, 9.17) is 21.1 Å². The first-order valence-electron chi connectivity index (χ1n) is 8.02. The van der Waals surface area contributed by atoms with E-state index in [9.17, 15) is 4.79 Å². The fourth-order valence-electron chi connectivity index (χ4n) is 3.06. The number of carbonyl (C=O) groups excluding carboxylic acids is 1. The molecule has 4 rings (SSSR count). The molecule has 1 aliphatic heterocycles. The molecule has 5 nitrogen and oxygen atoms in total. The molecule has 3 aromatic rings. The Morgan fingerprint density at radius 3 is 2.92 bits per heavy atom. The number of halogens is 1. The second kappa shape index (κ2) is 6.33. The van der Waals surface area contributed by atoms with E-state index in [-0.39, 0.29) is 12.7 Å². The Bertz CT molecular complexity index is 965. The molecule has 1 aliphatic rings. The van der Waals surface area contributed by atoms with E-state index in [1.807, 2.05) is 43.3 Å². The summed E-state index contributed by atoms with van der Waals surface area (Å²) < 4.78 is 10.6. The SMILES string of the molecule is Cc1[nH]c2ccc(Cl)cc2c1CC(=O)NCc1ccc2c(c1)OCO2. The molecule has 0 unspecified atom stereocenters. The monoisotopic (exact) mass is 356 g/mol. The van der Waals surface area contributed by atoms with Crippen LogP contribution in [0.3, 0.4) is 0 Å². The van der Waals surface area contributed by atoms with Crippen LogP contribution in [-0.4, -0.2) is 17.7 Å². The van der Waals surface area contributed by atoms with Gasteiger partial charge in [0.1, 0.15) is 0 Å². The van der Waals surface area contributed by atoms with Gasteiger partial charge in [-0.15, -0.1) is 0 Å². The van der Waals surface area contributed by atoms with Crippen LogP contribution >= 0.6 is 11.6 Å². The third kappa shape index (κ3) is 3.15. The van der Waals surface area contributed by atoms with Gasteiger partial charge in [-0.3, -0.25) is 4.79 Å². The molecule has 1 aromatic heterocycles. The van der Waals surface area contributed by atoms with E-state index in [1.54, 1.807) is 0 Å². The van der Waals surface area contributed by atoms with Crippen LogP contribution in [0, 0.1) is 6.92 Å². The van der Waals surface area contributed by atoms with Crippen molar-refractivity contribution in [2.45, 2.75) is 19.9 Å². The van der Waals surface area contributed by atoms with Crippen LogP contribution < -0.4 is 14.8 Å². The first-order chi connectivity index (χ1) is 12.1. The highest BCUT2D eigenvalue weighted by molar-refractivity contribution is 6.31. The third-order valence-electron chi connectivity index (χ3n) is 4.35. The van der Waals surface area contributed by atoms with E-state index in [0.29, 0.717) is 23.7 Å². The van der Waals surface area contributed by atoms with Crippen molar-refractivity contribution in [3.63, 3.8) is 0 Å². The first-order valence-corrected chi connectivity index (χ1v) is 8.40. The van der Waals surface area contributed by atoms with E-state index in [0.717, 1.165) is 33.5 Å². The molecule has 1 amide bonds. The van der Waals surface area contributed by atoms with Crippen LogP contribution in [-0.2, 0) is 17.8 Å². The molecular formula is C19H17ClN2O3. The Kier molecular flexibility index (Phi) is 4.01. The van der Waals surface area contributed by atoms with Gasteiger partial charge in [0.15, 0.2) is 11.5 Å². The van der Waals surface area contributed by atoms with E-state index in [2.05, 4.69) is 10.3 Å². The van der Waals surface area contributed by atoms with Gasteiger partial charge in [-0.05, 0) is 48.4 Å². The summed E-state index contributed by atoms with van der Waals surface area (Å²) in [6.45, 7) is 2.65. The molecule has 6 heteroatoms. The summed E-state index contributed by atoms with van der Waals surface area (Å²) in [6.07, 6.45) is 0.302. The van der Waals surface area contributed by atoms with Crippen molar-refractivity contribution < 1.29 is 14.3 Å². The normalized spacial score (nSPS) is 12.6. The maximum atomic E-state index is 12.4. The Labute approximate surface area is 149 Å². The van der Waals surface area contributed by atoms with Gasteiger partial charge in [0.2, 0.25) is 12.7 Å². The van der Waals surface area contributed by atoms with Gasteiger partial charge in [0, 0.05) is 28.2 Å². The van der Waals surface area contributed by atoms with Gasteiger partial charge in [0.05, 0.1) is 6.42 Å². The molecule has 0 saturated heterocycles. The summed E-state index contributed by atoms with van der Waals surface area (Å²) in [5.74, 6) is 1.41. The van der Waals surface area contributed by atoms with Crippen molar-refractivity contribution in [3.05, 3.63) is 58.2 Å². The summed E-state index contributed by atoms with van der Waals surface area (Å²) in [7, 11) is 0. The average Bonchev–Trinajstić information content (AvgIpc) is 3.17. The highest BCUT2D eigenvalue weighted by Gasteiger charge is 2.15. The Hall–Kier alpha value is -2.66. The minimum Gasteiger partial charge on any atom is -0.454 e. The number of rotatable bonds is 4. The predicted molar refractivity (Wildman–Crippen MR) is 96.2 cm³/mol. The average molecular weight is 357 g/mol. The standard InChI is InChI=1S/C19H17ClN2O3/c1-11-14(15-7-13(20)3-4-16(15)22-11)8-19(23)21-9-12-2-5-17-18(6-12)25-10-24-17/h2-7,22H,8-10H2,1H3,(H,21,23). The van der Waals surface area contributed by atoms with Gasteiger partial charge in [0.25, 0.3) is 0 Å². The molecular weight excluding hydrogens is 340 g/mol. The summed E-state index contributed by atoms with van der Waals surface area (Å²) in [6, 6.07) is 11.3. The number of benzene rings is 2. The molecule has 25 heavy (non-hydrogen) atoms. The lowest BCUT2D eigenvalue weighted by Crippen LogP contribution is -2.24. The second-order valence-electron chi connectivity index (χ2n) is 6.06. The lowest BCUT2D eigenvalue weighted by atomic mass is 10.1. The number of aromatic nitrogens is 1. The van der Waals surface area contributed by atoms with Crippen molar-refractivity contribution in [3.8, 4) is 11.5 Å². The van der Waals surface area contributed by atoms with Crippen molar-refractivity contribution in [1.29, 1.82) is 0 Å². The van der Waals surface area contributed by atoms with Crippen LogP contribution in [0.4, 0.5) is 0 Å². The summed E-state index contributed by atoms with van der Waals surface area (Å²) in [5.41, 5.74) is 3.91. The number of amides is 1. The number of aromatic amines is 1. The second-order valence-corrected chi connectivity index (χ2v) is 6.50. The third-order valence-corrected chi connectivity index (χ3v) is 4.58. The maximum Gasteiger partial charge on any atom is 0.231 e. The van der Waals surface area contributed by atoms with E-state index >= 15 is 0 Å². The molecule has 0 radical (unpaired) electrons. The zero-order chi connectivity index (χ0) is 17.4. The highest BCUT2D eigenvalue weighted by atomic mass is 35.5. The number of carbonyl (C=O) groups is 1. The molecule has 128 valence electrons. The Morgan fingerprint density at radius 1 is 1.20 bits per heavy atom. The molecule has 0 bridgehead atoms. The van der Waals surface area contributed by atoms with Crippen LogP contribution in [0.25, 0.3) is 10.9 Å². The summed E-state index contributed by atoms with van der Waals surface area (Å²) in [5, 5.41) is 4.60. The number of fused-ring (bicyclic) bond motifs is 2. The van der Waals surface area contributed by atoms with Crippen molar-refractivity contribution >= 4 is 28.4 Å². The largest absolute Gasteiger partial charge is 0.454 e. The molecule has 2 heterocycles. The van der Waals surface area contributed by atoms with Crippen LogP contribution in [0.1, 0.15) is 16.8 Å². The van der Waals surface area contributed by atoms with Crippen LogP contribution in [0.5, 0.6) is 11.5 Å². The summed E-state index contributed by atoms with van der Waals surface area (Å²) >= 11 is 6.09. The molecule has 0 atom stereocenters. The van der Waals surface area contributed by atoms with Gasteiger partial charge in [-0.2, -0.15) is 0 Å². The minimum absolute atomic E-state index is 0.0401. The van der Waals surface area contributed by atoms with E-state index in [1.165, 1.54) is 0 Å². The Morgan fingerprint density at radius 2 is 2.04 bits per heavy atom. The van der Waals surface area contributed by atoms with Crippen LogP contribution in [0.2, 0.25) is 5.02 Å². The number of ether oxygens (including phenoxy) is 2. The summed E-state index contributed by atoms with van der Waals surface area (Å²) in [4.78, 5) is 15.7. The molecule has 2 aromatic carbocycles. The molecule has 0 saturated carbocycles. The van der Waals surface area contributed by atoms with Crippen LogP contribution in [0.15, 0.2) is 36.4 Å². The fourth-order valence-corrected chi connectivity index (χ4v) is 3.23. The zero-order valence-electron chi connectivity index (χ0n) is 13.7. The highest BCUT2D eigenvalue weighted by Crippen LogP contribution is 2.32. The van der Waals surface area contributed by atoms with Gasteiger partial charge < -0.3 is 19.8 Å². The molecule has 0 aliphatic carbocycles. The van der Waals surface area contributed by atoms with Crippen molar-refractivity contribution in [2.75, 3.05) is 6.79 Å².